The van der Waals surface area contributed by atoms with Gasteiger partial charge in [-0.3, -0.25) is 4.90 Å². The van der Waals surface area contributed by atoms with E-state index in [1.807, 2.05) is 0 Å². The Morgan fingerprint density at radius 2 is 2.00 bits per heavy atom. The lowest BCUT2D eigenvalue weighted by Crippen LogP contribution is -2.36. The van der Waals surface area contributed by atoms with Gasteiger partial charge in [0.1, 0.15) is 12.4 Å². The van der Waals surface area contributed by atoms with Crippen LogP contribution in [0.4, 0.5) is 5.95 Å². The minimum atomic E-state index is -0.437. The molecule has 1 saturated heterocycles. The molecule has 1 fully saturated rings. The molecule has 2 rings (SSSR count). The monoisotopic (exact) mass is 268 g/mol. The number of hydrogen-bond donors (Lipinski definition) is 0. The second kappa shape index (κ2) is 7.20. The highest BCUT2D eigenvalue weighted by Gasteiger charge is 2.13. The van der Waals surface area contributed by atoms with Crippen molar-refractivity contribution in [2.24, 2.45) is 0 Å². The van der Waals surface area contributed by atoms with Crippen molar-refractivity contribution in [3.05, 3.63) is 22.5 Å². The number of nitro groups is 1. The van der Waals surface area contributed by atoms with Crippen LogP contribution in [0.15, 0.2) is 12.4 Å². The number of aryl methyl sites for hydroxylation is 1. The van der Waals surface area contributed by atoms with Crippen LogP contribution in [0, 0.1) is 10.1 Å². The molecular weight excluding hydrogens is 248 g/mol. The van der Waals surface area contributed by atoms with E-state index in [2.05, 4.69) is 9.88 Å². The largest absolute Gasteiger partial charge is 0.434 e. The van der Waals surface area contributed by atoms with E-state index in [-0.39, 0.29) is 5.95 Å². The van der Waals surface area contributed by atoms with Gasteiger partial charge in [-0.15, -0.1) is 0 Å². The predicted molar refractivity (Wildman–Crippen MR) is 70.0 cm³/mol. The summed E-state index contributed by atoms with van der Waals surface area (Å²) in [7, 11) is 0. The third-order valence-corrected chi connectivity index (χ3v) is 3.33. The summed E-state index contributed by atoms with van der Waals surface area (Å²) in [6, 6.07) is 0. The molecule has 7 nitrogen and oxygen atoms in total. The molecule has 106 valence electrons. The normalized spacial score (nSPS) is 16.6. The highest BCUT2D eigenvalue weighted by molar-refractivity contribution is 5.06. The molecule has 0 aromatic carbocycles. The van der Waals surface area contributed by atoms with Crippen molar-refractivity contribution in [1.82, 2.24) is 14.5 Å². The first-order chi connectivity index (χ1) is 9.27. The summed E-state index contributed by atoms with van der Waals surface area (Å²) in [5.74, 6) is -0.0619. The highest BCUT2D eigenvalue weighted by atomic mass is 16.6. The summed E-state index contributed by atoms with van der Waals surface area (Å²) >= 11 is 0. The summed E-state index contributed by atoms with van der Waals surface area (Å²) < 4.78 is 6.90. The zero-order valence-corrected chi connectivity index (χ0v) is 11.0. The average Bonchev–Trinajstić information content (AvgIpc) is 2.88. The number of rotatable bonds is 7. The van der Waals surface area contributed by atoms with Gasteiger partial charge in [-0.2, -0.15) is 0 Å². The summed E-state index contributed by atoms with van der Waals surface area (Å²) in [5.41, 5.74) is 0. The lowest BCUT2D eigenvalue weighted by molar-refractivity contribution is -0.396. The van der Waals surface area contributed by atoms with Gasteiger partial charge in [-0.25, -0.2) is 4.57 Å². The Balaban J connectivity index is 1.61. The Hall–Kier alpha value is -1.47. The second-order valence-corrected chi connectivity index (χ2v) is 4.69. The number of ether oxygens (including phenoxy) is 1. The lowest BCUT2D eigenvalue weighted by Gasteiger charge is -2.26. The van der Waals surface area contributed by atoms with E-state index in [9.17, 15) is 10.1 Å². The molecule has 0 saturated carbocycles. The molecule has 0 unspecified atom stereocenters. The fourth-order valence-corrected chi connectivity index (χ4v) is 2.27. The minimum Gasteiger partial charge on any atom is -0.390 e. The summed E-state index contributed by atoms with van der Waals surface area (Å²) in [6.07, 6.45) is 6.29. The Bertz CT molecular complexity index is 401. The van der Waals surface area contributed by atoms with Crippen LogP contribution in [-0.4, -0.2) is 52.2 Å². The number of hydrogen-bond acceptors (Lipinski definition) is 5. The molecule has 0 amide bonds. The van der Waals surface area contributed by atoms with Crippen LogP contribution >= 0.6 is 0 Å². The van der Waals surface area contributed by atoms with Crippen molar-refractivity contribution < 1.29 is 9.66 Å². The van der Waals surface area contributed by atoms with Gasteiger partial charge >= 0.3 is 5.95 Å². The van der Waals surface area contributed by atoms with Crippen LogP contribution in [0.5, 0.6) is 0 Å². The van der Waals surface area contributed by atoms with Gasteiger partial charge in [-0.05, 0) is 30.7 Å². The lowest BCUT2D eigenvalue weighted by atomic mass is 10.2. The van der Waals surface area contributed by atoms with Crippen LogP contribution in [0.25, 0.3) is 0 Å². The van der Waals surface area contributed by atoms with Crippen LogP contribution in [0.1, 0.15) is 19.3 Å². The number of nitrogens with zero attached hydrogens (tertiary/aromatic N) is 4. The molecular formula is C12H20N4O3. The van der Waals surface area contributed by atoms with Gasteiger partial charge in [0.2, 0.25) is 0 Å². The maximum absolute atomic E-state index is 10.7. The Labute approximate surface area is 112 Å². The fourth-order valence-electron chi connectivity index (χ4n) is 2.27. The average molecular weight is 268 g/mol. The van der Waals surface area contributed by atoms with Gasteiger partial charge in [0.25, 0.3) is 0 Å². The molecule has 1 aliphatic rings. The van der Waals surface area contributed by atoms with Crippen molar-refractivity contribution in [2.45, 2.75) is 25.8 Å². The molecule has 0 atom stereocenters. The minimum absolute atomic E-state index is 0.0619. The molecule has 0 spiro atoms. The highest BCUT2D eigenvalue weighted by Crippen LogP contribution is 2.10. The third-order valence-electron chi connectivity index (χ3n) is 3.33. The Morgan fingerprint density at radius 1 is 1.26 bits per heavy atom. The van der Waals surface area contributed by atoms with Crippen molar-refractivity contribution in [2.75, 3.05) is 32.8 Å². The second-order valence-electron chi connectivity index (χ2n) is 4.69. The van der Waals surface area contributed by atoms with Crippen LogP contribution < -0.4 is 0 Å². The topological polar surface area (TPSA) is 73.4 Å². The van der Waals surface area contributed by atoms with Crippen molar-refractivity contribution in [3.63, 3.8) is 0 Å². The third kappa shape index (κ3) is 4.29. The first-order valence-electron chi connectivity index (χ1n) is 6.73. The van der Waals surface area contributed by atoms with E-state index < -0.39 is 4.92 Å². The van der Waals surface area contributed by atoms with Crippen molar-refractivity contribution >= 4 is 5.95 Å². The Kier molecular flexibility index (Phi) is 5.29. The molecule has 0 N–H and O–H groups in total. The van der Waals surface area contributed by atoms with Gasteiger partial charge in [0.05, 0.1) is 19.8 Å². The molecule has 0 radical (unpaired) electrons. The first-order valence-corrected chi connectivity index (χ1v) is 6.73. The molecule has 7 heteroatoms. The zero-order chi connectivity index (χ0) is 13.5. The molecule has 19 heavy (non-hydrogen) atoms. The number of morpholine rings is 1. The van der Waals surface area contributed by atoms with E-state index in [0.29, 0.717) is 6.54 Å². The molecule has 2 heterocycles. The SMILES string of the molecule is O=[N+]([O-])c1nccn1CCCCCN1CCOCC1. The van der Waals surface area contributed by atoms with E-state index in [1.54, 1.807) is 10.8 Å². The summed E-state index contributed by atoms with van der Waals surface area (Å²) in [4.78, 5) is 16.4. The molecule has 0 bridgehead atoms. The molecule has 1 aliphatic heterocycles. The Morgan fingerprint density at radius 3 is 2.74 bits per heavy atom. The number of unbranched alkanes of at least 4 members (excludes halogenated alkanes) is 2. The van der Waals surface area contributed by atoms with Crippen molar-refractivity contribution in [1.29, 1.82) is 0 Å². The molecule has 1 aromatic heterocycles. The molecule has 0 aliphatic carbocycles. The standard InChI is InChI=1S/C12H20N4O3/c17-16(18)12-13-4-7-15(12)6-3-1-2-5-14-8-10-19-11-9-14/h4,7H,1-3,5-6,8-11H2. The summed E-state index contributed by atoms with van der Waals surface area (Å²) in [5, 5.41) is 10.7. The van der Waals surface area contributed by atoms with Crippen molar-refractivity contribution in [3.8, 4) is 0 Å². The van der Waals surface area contributed by atoms with Gasteiger partial charge < -0.3 is 14.9 Å². The number of aromatic nitrogens is 2. The fraction of sp³-hybridized carbons (Fsp3) is 0.750. The smallest absolute Gasteiger partial charge is 0.390 e. The first kappa shape index (κ1) is 14.0. The van der Waals surface area contributed by atoms with E-state index in [0.717, 1.165) is 52.1 Å². The van der Waals surface area contributed by atoms with E-state index >= 15 is 0 Å². The maximum Gasteiger partial charge on any atom is 0.434 e. The quantitative estimate of drug-likeness (QED) is 0.423. The van der Waals surface area contributed by atoms with Crippen LogP contribution in [-0.2, 0) is 11.3 Å². The van der Waals surface area contributed by atoms with Crippen LogP contribution in [0.3, 0.4) is 0 Å². The van der Waals surface area contributed by atoms with Crippen LogP contribution in [0.2, 0.25) is 0 Å². The van der Waals surface area contributed by atoms with Gasteiger partial charge in [-0.1, -0.05) is 4.98 Å². The number of imidazole rings is 1. The van der Waals surface area contributed by atoms with Gasteiger partial charge in [0.15, 0.2) is 0 Å². The zero-order valence-electron chi connectivity index (χ0n) is 11.0. The van der Waals surface area contributed by atoms with Gasteiger partial charge in [0, 0.05) is 13.1 Å². The summed E-state index contributed by atoms with van der Waals surface area (Å²) in [6.45, 7) is 5.47. The van der Waals surface area contributed by atoms with E-state index in [4.69, 9.17) is 4.74 Å². The maximum atomic E-state index is 10.7. The van der Waals surface area contributed by atoms with E-state index in [1.165, 1.54) is 6.20 Å². The molecule has 1 aromatic rings. The predicted octanol–water partition coefficient (Wildman–Crippen LogP) is 1.29.